The van der Waals surface area contributed by atoms with Gasteiger partial charge in [0.1, 0.15) is 5.69 Å². The Morgan fingerprint density at radius 1 is 1.19 bits per heavy atom. The van der Waals surface area contributed by atoms with Crippen molar-refractivity contribution in [2.75, 3.05) is 13.1 Å². The van der Waals surface area contributed by atoms with E-state index in [0.717, 1.165) is 23.4 Å². The molecule has 1 saturated carbocycles. The molecule has 1 aliphatic heterocycles. The van der Waals surface area contributed by atoms with Gasteiger partial charge < -0.3 is 9.64 Å². The highest BCUT2D eigenvalue weighted by Crippen LogP contribution is 2.40. The molecule has 1 aliphatic carbocycles. The summed E-state index contributed by atoms with van der Waals surface area (Å²) in [4.78, 5) is 25.8. The van der Waals surface area contributed by atoms with Gasteiger partial charge in [0.25, 0.3) is 0 Å². The van der Waals surface area contributed by atoms with E-state index >= 15 is 0 Å². The van der Waals surface area contributed by atoms with Gasteiger partial charge in [0.15, 0.2) is 5.78 Å². The molecule has 0 unspecified atom stereocenters. The summed E-state index contributed by atoms with van der Waals surface area (Å²) in [7, 11) is 0. The summed E-state index contributed by atoms with van der Waals surface area (Å²) >= 11 is 6.19. The number of hydrogen-bond acceptors (Lipinski definition) is 4. The maximum absolute atomic E-state index is 12.6. The van der Waals surface area contributed by atoms with Crippen LogP contribution in [0.5, 0.6) is 0 Å². The molecule has 0 N–H and O–H groups in total. The summed E-state index contributed by atoms with van der Waals surface area (Å²) in [5, 5.41) is 4.81. The number of aromatic nitrogens is 2. The Morgan fingerprint density at radius 2 is 1.89 bits per heavy atom. The van der Waals surface area contributed by atoms with Crippen molar-refractivity contribution in [2.24, 2.45) is 11.8 Å². The molecule has 6 nitrogen and oxygen atoms in total. The Labute approximate surface area is 163 Å². The zero-order chi connectivity index (χ0) is 19.0. The quantitative estimate of drug-likeness (QED) is 0.751. The van der Waals surface area contributed by atoms with Crippen molar-refractivity contribution >= 4 is 23.4 Å². The molecule has 1 aromatic heterocycles. The molecule has 1 aromatic carbocycles. The van der Waals surface area contributed by atoms with Crippen molar-refractivity contribution in [3.63, 3.8) is 0 Å². The van der Waals surface area contributed by atoms with Gasteiger partial charge in [-0.2, -0.15) is 9.78 Å². The average Bonchev–Trinajstić information content (AvgIpc) is 3.35. The van der Waals surface area contributed by atoms with E-state index in [1.54, 1.807) is 12.3 Å². The Morgan fingerprint density at radius 3 is 2.52 bits per heavy atom. The molecule has 2 aromatic rings. The molecular weight excluding hydrogens is 366 g/mol. The smallest absolute Gasteiger partial charge is 0.344 e. The zero-order valence-corrected chi connectivity index (χ0v) is 15.9. The van der Waals surface area contributed by atoms with Crippen LogP contribution in [0.3, 0.4) is 0 Å². The van der Waals surface area contributed by atoms with Crippen molar-refractivity contribution in [3.05, 3.63) is 52.8 Å². The SMILES string of the molecule is CC(=O)c1ccn(C(=O)N2C[C@H]3C[C@H](OCc4ccccc4Cl)C[C@H]3C2)n1. The minimum atomic E-state index is -0.162. The number of carbonyl (C=O) groups is 2. The predicted octanol–water partition coefficient (Wildman–Crippen LogP) is 3.63. The third-order valence-corrected chi connectivity index (χ3v) is 5.93. The number of Topliss-reactive ketones (excluding diaryl/α,β-unsaturated/α-hetero) is 1. The fourth-order valence-corrected chi connectivity index (χ4v) is 4.31. The molecule has 2 heterocycles. The third kappa shape index (κ3) is 3.77. The molecule has 3 atom stereocenters. The Bertz CT molecular complexity index is 852. The van der Waals surface area contributed by atoms with Gasteiger partial charge in [-0.25, -0.2) is 4.79 Å². The van der Waals surface area contributed by atoms with Crippen molar-refractivity contribution in [3.8, 4) is 0 Å². The first-order valence-electron chi connectivity index (χ1n) is 9.22. The number of amides is 1. The standard InChI is InChI=1S/C20H22ClN3O3/c1-13(25)19-6-7-24(22-19)20(26)23-10-15-8-17(9-16(15)11-23)27-12-14-4-2-3-5-18(14)21/h2-7,15-17H,8-12H2,1H3/t15-,16+,17+. The Kier molecular flexibility index (Phi) is 5.02. The molecular formula is C20H22ClN3O3. The third-order valence-electron chi connectivity index (χ3n) is 5.56. The van der Waals surface area contributed by atoms with E-state index < -0.39 is 0 Å². The number of benzene rings is 1. The minimum absolute atomic E-state index is 0.140. The lowest BCUT2D eigenvalue weighted by molar-refractivity contribution is 0.0384. The van der Waals surface area contributed by atoms with Crippen molar-refractivity contribution < 1.29 is 14.3 Å². The highest BCUT2D eigenvalue weighted by atomic mass is 35.5. The summed E-state index contributed by atoms with van der Waals surface area (Å²) in [6.07, 6.45) is 3.68. The molecule has 4 rings (SSSR count). The van der Waals surface area contributed by atoms with E-state index in [0.29, 0.717) is 37.2 Å². The number of fused-ring (bicyclic) bond motifs is 1. The number of nitrogens with zero attached hydrogens (tertiary/aromatic N) is 3. The molecule has 7 heteroatoms. The van der Waals surface area contributed by atoms with Gasteiger partial charge in [-0.05, 0) is 42.4 Å². The van der Waals surface area contributed by atoms with E-state index in [9.17, 15) is 9.59 Å². The summed E-state index contributed by atoms with van der Waals surface area (Å²) in [5.74, 6) is 0.763. The van der Waals surface area contributed by atoms with Crippen LogP contribution in [0.2, 0.25) is 5.02 Å². The maximum atomic E-state index is 12.6. The highest BCUT2D eigenvalue weighted by Gasteiger charge is 2.43. The fourth-order valence-electron chi connectivity index (χ4n) is 4.12. The lowest BCUT2D eigenvalue weighted by Crippen LogP contribution is -2.34. The number of halogens is 1. The van der Waals surface area contributed by atoms with Crippen LogP contribution < -0.4 is 0 Å². The van der Waals surface area contributed by atoms with Crippen LogP contribution in [0.1, 0.15) is 35.8 Å². The van der Waals surface area contributed by atoms with Crippen LogP contribution in [-0.2, 0) is 11.3 Å². The number of rotatable bonds is 4. The number of ether oxygens (including phenoxy) is 1. The molecule has 2 fully saturated rings. The van der Waals surface area contributed by atoms with Crippen LogP contribution in [0.4, 0.5) is 4.79 Å². The topological polar surface area (TPSA) is 64.4 Å². The number of carbonyl (C=O) groups excluding carboxylic acids is 2. The van der Waals surface area contributed by atoms with Crippen molar-refractivity contribution in [1.82, 2.24) is 14.7 Å². The highest BCUT2D eigenvalue weighted by molar-refractivity contribution is 6.31. The molecule has 0 radical (unpaired) electrons. The van der Waals surface area contributed by atoms with Crippen molar-refractivity contribution in [1.29, 1.82) is 0 Å². The maximum Gasteiger partial charge on any atom is 0.344 e. The number of ketones is 1. The van der Waals surface area contributed by atoms with Crippen LogP contribution >= 0.6 is 11.6 Å². The summed E-state index contributed by atoms with van der Waals surface area (Å²) < 4.78 is 7.34. The first-order valence-corrected chi connectivity index (χ1v) is 9.60. The number of hydrogen-bond donors (Lipinski definition) is 0. The lowest BCUT2D eigenvalue weighted by Gasteiger charge is -2.19. The molecule has 27 heavy (non-hydrogen) atoms. The largest absolute Gasteiger partial charge is 0.373 e. The summed E-state index contributed by atoms with van der Waals surface area (Å²) in [6, 6.07) is 9.15. The second-order valence-electron chi connectivity index (χ2n) is 7.41. The first-order chi connectivity index (χ1) is 13.0. The van der Waals surface area contributed by atoms with Crippen LogP contribution in [0.15, 0.2) is 36.5 Å². The van der Waals surface area contributed by atoms with Gasteiger partial charge in [-0.3, -0.25) is 4.79 Å². The van der Waals surface area contributed by atoms with Gasteiger partial charge in [0.05, 0.1) is 12.7 Å². The number of likely N-dealkylation sites (tertiary alicyclic amines) is 1. The molecule has 2 aliphatic rings. The molecule has 142 valence electrons. The lowest BCUT2D eigenvalue weighted by atomic mass is 10.0. The normalized spacial score (nSPS) is 24.2. The van der Waals surface area contributed by atoms with Gasteiger partial charge in [0.2, 0.25) is 0 Å². The molecule has 0 bridgehead atoms. The molecule has 1 amide bonds. The summed E-state index contributed by atoms with van der Waals surface area (Å²) in [6.45, 7) is 3.39. The first kappa shape index (κ1) is 18.2. The van der Waals surface area contributed by atoms with Crippen molar-refractivity contribution in [2.45, 2.75) is 32.5 Å². The van der Waals surface area contributed by atoms with Gasteiger partial charge in [-0.1, -0.05) is 29.8 Å². The Balaban J connectivity index is 1.31. The summed E-state index contributed by atoms with van der Waals surface area (Å²) in [5.41, 5.74) is 1.32. The zero-order valence-electron chi connectivity index (χ0n) is 15.2. The Hall–Kier alpha value is -2.18. The monoisotopic (exact) mass is 387 g/mol. The second kappa shape index (κ2) is 7.44. The van der Waals surface area contributed by atoms with Crippen LogP contribution in [0.25, 0.3) is 0 Å². The van der Waals surface area contributed by atoms with E-state index in [1.807, 2.05) is 29.2 Å². The van der Waals surface area contributed by atoms with Crippen LogP contribution in [-0.4, -0.2) is 45.7 Å². The minimum Gasteiger partial charge on any atom is -0.373 e. The molecule has 0 spiro atoms. The van der Waals surface area contributed by atoms with E-state index in [1.165, 1.54) is 11.6 Å². The van der Waals surface area contributed by atoms with E-state index in [-0.39, 0.29) is 17.9 Å². The molecule has 1 saturated heterocycles. The van der Waals surface area contributed by atoms with Gasteiger partial charge in [-0.15, -0.1) is 0 Å². The van der Waals surface area contributed by atoms with E-state index in [4.69, 9.17) is 16.3 Å². The predicted molar refractivity (Wildman–Crippen MR) is 101 cm³/mol. The van der Waals surface area contributed by atoms with E-state index in [2.05, 4.69) is 5.10 Å². The second-order valence-corrected chi connectivity index (χ2v) is 7.81. The van der Waals surface area contributed by atoms with Gasteiger partial charge in [0, 0.05) is 31.2 Å². The van der Waals surface area contributed by atoms with Gasteiger partial charge >= 0.3 is 6.03 Å². The fraction of sp³-hybridized carbons (Fsp3) is 0.450. The van der Waals surface area contributed by atoms with Crippen LogP contribution in [0, 0.1) is 11.8 Å². The average molecular weight is 388 g/mol.